The SMILES string of the molecule is CC(N(C)CCCCCNC(C)(C)C)C(C)(C)C. The summed E-state index contributed by atoms with van der Waals surface area (Å²) < 4.78 is 0. The van der Waals surface area contributed by atoms with Gasteiger partial charge in [0.2, 0.25) is 0 Å². The monoisotopic (exact) mass is 256 g/mol. The molecule has 0 saturated heterocycles. The van der Waals surface area contributed by atoms with Gasteiger partial charge in [0.25, 0.3) is 0 Å². The summed E-state index contributed by atoms with van der Waals surface area (Å²) in [6.07, 6.45) is 3.92. The Labute approximate surface area is 116 Å². The van der Waals surface area contributed by atoms with Crippen molar-refractivity contribution in [3.63, 3.8) is 0 Å². The topological polar surface area (TPSA) is 15.3 Å². The average molecular weight is 256 g/mol. The molecule has 2 heteroatoms. The molecular formula is C16H36N2. The third-order valence-electron chi connectivity index (χ3n) is 3.76. The third kappa shape index (κ3) is 8.93. The van der Waals surface area contributed by atoms with E-state index >= 15 is 0 Å². The van der Waals surface area contributed by atoms with Crippen LogP contribution in [0.4, 0.5) is 0 Å². The molecule has 0 fully saturated rings. The van der Waals surface area contributed by atoms with Crippen LogP contribution < -0.4 is 5.32 Å². The number of nitrogens with zero attached hydrogens (tertiary/aromatic N) is 1. The Morgan fingerprint density at radius 1 is 0.944 bits per heavy atom. The number of nitrogens with one attached hydrogen (secondary N) is 1. The lowest BCUT2D eigenvalue weighted by atomic mass is 9.87. The number of hydrogen-bond donors (Lipinski definition) is 1. The van der Waals surface area contributed by atoms with Crippen molar-refractivity contribution in [3.8, 4) is 0 Å². The summed E-state index contributed by atoms with van der Waals surface area (Å²) in [7, 11) is 2.25. The van der Waals surface area contributed by atoms with Gasteiger partial charge in [-0.05, 0) is 66.1 Å². The molecule has 110 valence electrons. The van der Waals surface area contributed by atoms with Crippen LogP contribution in [0.25, 0.3) is 0 Å². The van der Waals surface area contributed by atoms with E-state index in [4.69, 9.17) is 0 Å². The Balaban J connectivity index is 3.61. The first-order valence-corrected chi connectivity index (χ1v) is 7.49. The second-order valence-corrected chi connectivity index (χ2v) is 7.76. The maximum atomic E-state index is 3.54. The molecule has 0 saturated carbocycles. The van der Waals surface area contributed by atoms with E-state index in [-0.39, 0.29) is 5.54 Å². The van der Waals surface area contributed by atoms with Gasteiger partial charge in [-0.3, -0.25) is 0 Å². The average Bonchev–Trinajstić information content (AvgIpc) is 2.18. The van der Waals surface area contributed by atoms with Gasteiger partial charge in [0, 0.05) is 11.6 Å². The van der Waals surface area contributed by atoms with Crippen molar-refractivity contribution in [1.29, 1.82) is 0 Å². The van der Waals surface area contributed by atoms with Gasteiger partial charge in [-0.25, -0.2) is 0 Å². The van der Waals surface area contributed by atoms with E-state index in [1.807, 2.05) is 0 Å². The van der Waals surface area contributed by atoms with Crippen molar-refractivity contribution in [2.24, 2.45) is 5.41 Å². The first-order valence-electron chi connectivity index (χ1n) is 7.49. The summed E-state index contributed by atoms with van der Waals surface area (Å²) in [5, 5.41) is 3.54. The van der Waals surface area contributed by atoms with Gasteiger partial charge in [0.1, 0.15) is 0 Å². The van der Waals surface area contributed by atoms with Crippen LogP contribution in [0, 0.1) is 5.41 Å². The molecule has 0 aliphatic heterocycles. The van der Waals surface area contributed by atoms with E-state index in [9.17, 15) is 0 Å². The smallest absolute Gasteiger partial charge is 0.0112 e. The molecule has 0 amide bonds. The summed E-state index contributed by atoms with van der Waals surface area (Å²) >= 11 is 0. The summed E-state index contributed by atoms with van der Waals surface area (Å²) in [5.74, 6) is 0. The molecule has 2 nitrogen and oxygen atoms in total. The summed E-state index contributed by atoms with van der Waals surface area (Å²) in [6.45, 7) is 18.3. The maximum Gasteiger partial charge on any atom is 0.0112 e. The normalized spacial score (nSPS) is 15.2. The van der Waals surface area contributed by atoms with Crippen molar-refractivity contribution in [3.05, 3.63) is 0 Å². The Morgan fingerprint density at radius 3 is 1.94 bits per heavy atom. The van der Waals surface area contributed by atoms with Crippen molar-refractivity contribution < 1.29 is 0 Å². The lowest BCUT2D eigenvalue weighted by Crippen LogP contribution is -2.39. The molecule has 0 aliphatic carbocycles. The van der Waals surface area contributed by atoms with Crippen LogP contribution in [0.1, 0.15) is 67.7 Å². The Kier molecular flexibility index (Phi) is 7.46. The van der Waals surface area contributed by atoms with Gasteiger partial charge in [0.05, 0.1) is 0 Å². The Morgan fingerprint density at radius 2 is 1.50 bits per heavy atom. The largest absolute Gasteiger partial charge is 0.312 e. The zero-order valence-electron chi connectivity index (χ0n) is 14.1. The molecule has 0 bridgehead atoms. The highest BCUT2D eigenvalue weighted by atomic mass is 15.1. The van der Waals surface area contributed by atoms with Gasteiger partial charge in [-0.15, -0.1) is 0 Å². The molecule has 0 aromatic carbocycles. The van der Waals surface area contributed by atoms with Crippen LogP contribution in [0.15, 0.2) is 0 Å². The minimum absolute atomic E-state index is 0.261. The molecule has 0 rings (SSSR count). The van der Waals surface area contributed by atoms with Crippen LogP contribution in [0.2, 0.25) is 0 Å². The molecule has 0 radical (unpaired) electrons. The zero-order chi connectivity index (χ0) is 14.4. The molecule has 0 heterocycles. The first-order chi connectivity index (χ1) is 8.04. The van der Waals surface area contributed by atoms with Crippen molar-refractivity contribution in [1.82, 2.24) is 10.2 Å². The standard InChI is InChI=1S/C16H36N2/c1-14(15(2,3)4)18(8)13-11-9-10-12-17-16(5,6)7/h14,17H,9-13H2,1-8H3. The molecule has 18 heavy (non-hydrogen) atoms. The highest BCUT2D eigenvalue weighted by molar-refractivity contribution is 4.77. The van der Waals surface area contributed by atoms with Crippen molar-refractivity contribution in [2.45, 2.75) is 79.3 Å². The van der Waals surface area contributed by atoms with Crippen LogP contribution in [-0.2, 0) is 0 Å². The minimum atomic E-state index is 0.261. The second-order valence-electron chi connectivity index (χ2n) is 7.76. The molecule has 0 aliphatic rings. The fourth-order valence-corrected chi connectivity index (χ4v) is 1.98. The molecule has 0 spiro atoms. The molecule has 0 aromatic rings. The van der Waals surface area contributed by atoms with Crippen LogP contribution in [0.3, 0.4) is 0 Å². The lowest BCUT2D eigenvalue weighted by molar-refractivity contribution is 0.139. The summed E-state index contributed by atoms with van der Waals surface area (Å²) in [5.41, 5.74) is 0.639. The molecular weight excluding hydrogens is 220 g/mol. The zero-order valence-corrected chi connectivity index (χ0v) is 14.1. The van der Waals surface area contributed by atoms with E-state index in [1.165, 1.54) is 25.8 Å². The Hall–Kier alpha value is -0.0800. The first kappa shape index (κ1) is 17.9. The number of hydrogen-bond acceptors (Lipinski definition) is 2. The summed E-state index contributed by atoms with van der Waals surface area (Å²) in [4.78, 5) is 2.50. The highest BCUT2D eigenvalue weighted by Crippen LogP contribution is 2.23. The van der Waals surface area contributed by atoms with Crippen molar-refractivity contribution in [2.75, 3.05) is 20.1 Å². The fraction of sp³-hybridized carbons (Fsp3) is 1.00. The van der Waals surface area contributed by atoms with Gasteiger partial charge in [-0.2, -0.15) is 0 Å². The van der Waals surface area contributed by atoms with E-state index in [1.54, 1.807) is 0 Å². The highest BCUT2D eigenvalue weighted by Gasteiger charge is 2.23. The number of unbranched alkanes of at least 4 members (excludes halogenated alkanes) is 2. The van der Waals surface area contributed by atoms with Gasteiger partial charge < -0.3 is 10.2 Å². The van der Waals surface area contributed by atoms with Gasteiger partial charge >= 0.3 is 0 Å². The van der Waals surface area contributed by atoms with Crippen LogP contribution >= 0.6 is 0 Å². The Bertz CT molecular complexity index is 210. The van der Waals surface area contributed by atoms with Gasteiger partial charge in [-0.1, -0.05) is 27.2 Å². The third-order valence-corrected chi connectivity index (χ3v) is 3.76. The molecule has 1 N–H and O–H groups in total. The quantitative estimate of drug-likeness (QED) is 0.695. The fourth-order valence-electron chi connectivity index (χ4n) is 1.98. The van der Waals surface area contributed by atoms with Crippen LogP contribution in [-0.4, -0.2) is 36.6 Å². The predicted octanol–water partition coefficient (Wildman–Crippen LogP) is 3.91. The molecule has 0 aromatic heterocycles. The molecule has 1 atom stereocenters. The van der Waals surface area contributed by atoms with Crippen LogP contribution in [0.5, 0.6) is 0 Å². The van der Waals surface area contributed by atoms with E-state index in [0.717, 1.165) is 6.54 Å². The molecule has 1 unspecified atom stereocenters. The maximum absolute atomic E-state index is 3.54. The minimum Gasteiger partial charge on any atom is -0.312 e. The summed E-state index contributed by atoms with van der Waals surface area (Å²) in [6, 6.07) is 0.644. The number of rotatable bonds is 7. The van der Waals surface area contributed by atoms with E-state index in [0.29, 0.717) is 11.5 Å². The van der Waals surface area contributed by atoms with Gasteiger partial charge in [0.15, 0.2) is 0 Å². The van der Waals surface area contributed by atoms with E-state index < -0.39 is 0 Å². The van der Waals surface area contributed by atoms with Crippen molar-refractivity contribution >= 4 is 0 Å². The lowest BCUT2D eigenvalue weighted by Gasteiger charge is -2.35. The predicted molar refractivity (Wildman–Crippen MR) is 83.2 cm³/mol. The second kappa shape index (κ2) is 7.49. The van der Waals surface area contributed by atoms with E-state index in [2.05, 4.69) is 65.7 Å².